The van der Waals surface area contributed by atoms with Gasteiger partial charge in [0.25, 0.3) is 0 Å². The molecule has 0 saturated heterocycles. The Balaban J connectivity index is 2.32. The lowest BCUT2D eigenvalue weighted by molar-refractivity contribution is -0.128. The summed E-state index contributed by atoms with van der Waals surface area (Å²) in [4.78, 5) is 26.2. The molecule has 0 unspecified atom stereocenters. The van der Waals surface area contributed by atoms with Crippen molar-refractivity contribution in [1.29, 1.82) is 0 Å². The number of benzene rings is 1. The second-order valence-corrected chi connectivity index (χ2v) is 3.72. The lowest BCUT2D eigenvalue weighted by atomic mass is 10.2. The van der Waals surface area contributed by atoms with E-state index < -0.39 is 5.76 Å². The first-order valence-corrected chi connectivity index (χ1v) is 4.90. The van der Waals surface area contributed by atoms with Crippen molar-refractivity contribution < 1.29 is 9.21 Å². The number of H-pyrrole nitrogens is 1. The van der Waals surface area contributed by atoms with Crippen LogP contribution in [0.2, 0.25) is 0 Å². The number of carbonyl (C=O) groups is 1. The van der Waals surface area contributed by atoms with Crippen LogP contribution in [0.1, 0.15) is 12.5 Å². The molecule has 1 amide bonds. The molecule has 0 fully saturated rings. The van der Waals surface area contributed by atoms with Gasteiger partial charge >= 0.3 is 5.76 Å². The van der Waals surface area contributed by atoms with E-state index in [4.69, 9.17) is 4.42 Å². The van der Waals surface area contributed by atoms with Crippen molar-refractivity contribution in [2.75, 3.05) is 7.05 Å². The molecule has 0 spiro atoms. The first kappa shape index (κ1) is 10.5. The quantitative estimate of drug-likeness (QED) is 0.824. The summed E-state index contributed by atoms with van der Waals surface area (Å²) in [6.45, 7) is 2.02. The lowest BCUT2D eigenvalue weighted by Crippen LogP contribution is -2.22. The van der Waals surface area contributed by atoms with Crippen LogP contribution in [0.4, 0.5) is 0 Å². The Labute approximate surface area is 91.7 Å². The van der Waals surface area contributed by atoms with Gasteiger partial charge in [0.05, 0.1) is 5.52 Å². The van der Waals surface area contributed by atoms with Crippen molar-refractivity contribution in [3.63, 3.8) is 0 Å². The Morgan fingerprint density at radius 1 is 1.50 bits per heavy atom. The van der Waals surface area contributed by atoms with Gasteiger partial charge in [-0.2, -0.15) is 0 Å². The van der Waals surface area contributed by atoms with Crippen LogP contribution in [0.15, 0.2) is 27.4 Å². The normalized spacial score (nSPS) is 10.6. The molecule has 0 atom stereocenters. The number of nitrogens with one attached hydrogen (secondary N) is 1. The molecule has 0 aliphatic carbocycles. The third-order valence-electron chi connectivity index (χ3n) is 2.44. The maximum Gasteiger partial charge on any atom is 0.417 e. The molecule has 16 heavy (non-hydrogen) atoms. The van der Waals surface area contributed by atoms with Crippen molar-refractivity contribution in [2.24, 2.45) is 0 Å². The Morgan fingerprint density at radius 2 is 2.25 bits per heavy atom. The van der Waals surface area contributed by atoms with E-state index >= 15 is 0 Å². The molecule has 2 rings (SSSR count). The minimum absolute atomic E-state index is 0.000726. The molecule has 0 saturated carbocycles. The number of oxazole rings is 1. The molecule has 84 valence electrons. The first-order valence-electron chi connectivity index (χ1n) is 4.90. The molecule has 1 N–H and O–H groups in total. The summed E-state index contributed by atoms with van der Waals surface area (Å²) in [5.41, 5.74) is 2.13. The summed E-state index contributed by atoms with van der Waals surface area (Å²) >= 11 is 0. The van der Waals surface area contributed by atoms with Crippen molar-refractivity contribution in [3.05, 3.63) is 34.3 Å². The van der Waals surface area contributed by atoms with Gasteiger partial charge < -0.3 is 9.32 Å². The molecule has 1 aromatic carbocycles. The fourth-order valence-corrected chi connectivity index (χ4v) is 1.48. The van der Waals surface area contributed by atoms with E-state index in [1.54, 1.807) is 24.1 Å². The summed E-state index contributed by atoms with van der Waals surface area (Å²) < 4.78 is 4.88. The van der Waals surface area contributed by atoms with E-state index in [0.717, 1.165) is 5.56 Å². The van der Waals surface area contributed by atoms with E-state index in [2.05, 4.69) is 4.98 Å². The van der Waals surface area contributed by atoms with Crippen molar-refractivity contribution in [1.82, 2.24) is 9.88 Å². The van der Waals surface area contributed by atoms with E-state index in [1.807, 2.05) is 6.07 Å². The average Bonchev–Trinajstić information content (AvgIpc) is 2.57. The number of nitrogens with zero attached hydrogens (tertiary/aromatic N) is 1. The van der Waals surface area contributed by atoms with Crippen LogP contribution >= 0.6 is 0 Å². The minimum Gasteiger partial charge on any atom is -0.408 e. The third-order valence-corrected chi connectivity index (χ3v) is 2.44. The van der Waals surface area contributed by atoms with Crippen LogP contribution in [0, 0.1) is 0 Å². The molecular weight excluding hydrogens is 208 g/mol. The van der Waals surface area contributed by atoms with Crippen LogP contribution in [-0.2, 0) is 11.3 Å². The number of hydrogen-bond acceptors (Lipinski definition) is 3. The molecule has 1 heterocycles. The fraction of sp³-hybridized carbons (Fsp3) is 0.273. The molecule has 0 aliphatic heterocycles. The van der Waals surface area contributed by atoms with Gasteiger partial charge in [0, 0.05) is 20.5 Å². The van der Waals surface area contributed by atoms with Gasteiger partial charge in [-0.1, -0.05) is 6.07 Å². The molecule has 2 aromatic rings. The Morgan fingerprint density at radius 3 is 2.94 bits per heavy atom. The zero-order valence-corrected chi connectivity index (χ0v) is 9.11. The first-order chi connectivity index (χ1) is 7.56. The van der Waals surface area contributed by atoms with Gasteiger partial charge in [0.15, 0.2) is 5.58 Å². The van der Waals surface area contributed by atoms with E-state index in [9.17, 15) is 9.59 Å². The van der Waals surface area contributed by atoms with E-state index in [-0.39, 0.29) is 5.91 Å². The summed E-state index contributed by atoms with van der Waals surface area (Å²) in [6, 6.07) is 5.36. The maximum atomic E-state index is 11.1. The summed E-state index contributed by atoms with van der Waals surface area (Å²) in [5, 5.41) is 0. The smallest absolute Gasteiger partial charge is 0.408 e. The number of aromatic nitrogens is 1. The number of rotatable bonds is 2. The highest BCUT2D eigenvalue weighted by Gasteiger charge is 2.06. The van der Waals surface area contributed by atoms with E-state index in [0.29, 0.717) is 17.6 Å². The minimum atomic E-state index is -0.466. The highest BCUT2D eigenvalue weighted by Crippen LogP contribution is 2.13. The lowest BCUT2D eigenvalue weighted by Gasteiger charge is -2.14. The number of carbonyl (C=O) groups excluding carboxylic acids is 1. The van der Waals surface area contributed by atoms with Crippen molar-refractivity contribution in [3.8, 4) is 0 Å². The zero-order valence-electron chi connectivity index (χ0n) is 9.11. The van der Waals surface area contributed by atoms with Crippen LogP contribution in [0.5, 0.6) is 0 Å². The van der Waals surface area contributed by atoms with Crippen LogP contribution < -0.4 is 5.76 Å². The number of fused-ring (bicyclic) bond motifs is 1. The average molecular weight is 220 g/mol. The third kappa shape index (κ3) is 1.98. The number of aromatic amines is 1. The summed E-state index contributed by atoms with van der Waals surface area (Å²) in [6.07, 6.45) is 0. The monoisotopic (exact) mass is 220 g/mol. The number of hydrogen-bond donors (Lipinski definition) is 1. The fourth-order valence-electron chi connectivity index (χ4n) is 1.48. The number of amides is 1. The van der Waals surface area contributed by atoms with Gasteiger partial charge in [-0.05, 0) is 17.7 Å². The molecule has 1 aromatic heterocycles. The Bertz CT molecular complexity index is 582. The summed E-state index contributed by atoms with van der Waals surface area (Å²) in [7, 11) is 1.73. The van der Waals surface area contributed by atoms with Crippen molar-refractivity contribution >= 4 is 17.0 Å². The van der Waals surface area contributed by atoms with Gasteiger partial charge in [-0.3, -0.25) is 9.78 Å². The second kappa shape index (κ2) is 3.84. The highest BCUT2D eigenvalue weighted by atomic mass is 16.4. The zero-order chi connectivity index (χ0) is 11.7. The van der Waals surface area contributed by atoms with Gasteiger partial charge in [0.1, 0.15) is 0 Å². The van der Waals surface area contributed by atoms with Crippen LogP contribution in [0.25, 0.3) is 11.1 Å². The largest absolute Gasteiger partial charge is 0.417 e. The predicted molar refractivity (Wildman–Crippen MR) is 59.0 cm³/mol. The Kier molecular flexibility index (Phi) is 2.52. The van der Waals surface area contributed by atoms with Crippen LogP contribution in [0.3, 0.4) is 0 Å². The van der Waals surface area contributed by atoms with Gasteiger partial charge in [-0.25, -0.2) is 4.79 Å². The Hall–Kier alpha value is -2.04. The van der Waals surface area contributed by atoms with Crippen LogP contribution in [-0.4, -0.2) is 22.8 Å². The standard InChI is InChI=1S/C11H12N2O3/c1-7(14)13(2)6-8-3-4-10-9(5-8)12-11(15)16-10/h3-5H,6H2,1-2H3,(H,12,15). The van der Waals surface area contributed by atoms with Crippen molar-refractivity contribution in [2.45, 2.75) is 13.5 Å². The molecule has 0 radical (unpaired) electrons. The molecule has 5 heteroatoms. The maximum absolute atomic E-state index is 11.1. The highest BCUT2D eigenvalue weighted by molar-refractivity contribution is 5.74. The topological polar surface area (TPSA) is 66.3 Å². The predicted octanol–water partition coefficient (Wildman–Crippen LogP) is 1.10. The van der Waals surface area contributed by atoms with E-state index in [1.165, 1.54) is 6.92 Å². The molecule has 0 aliphatic rings. The SMILES string of the molecule is CC(=O)N(C)Cc1ccc2oc(=O)[nH]c2c1. The summed E-state index contributed by atoms with van der Waals surface area (Å²) in [5.74, 6) is -0.465. The molecule has 0 bridgehead atoms. The second-order valence-electron chi connectivity index (χ2n) is 3.72. The molecule has 5 nitrogen and oxygen atoms in total. The molecular formula is C11H12N2O3. The van der Waals surface area contributed by atoms with Gasteiger partial charge in [-0.15, -0.1) is 0 Å². The van der Waals surface area contributed by atoms with Gasteiger partial charge in [0.2, 0.25) is 5.91 Å².